The molecular formula is C8H12N2O. The van der Waals surface area contributed by atoms with Crippen molar-refractivity contribution in [2.24, 2.45) is 0 Å². The Morgan fingerprint density at radius 3 is 2.91 bits per heavy atom. The molecule has 3 heteroatoms. The van der Waals surface area contributed by atoms with E-state index in [-0.39, 0.29) is 5.91 Å². The van der Waals surface area contributed by atoms with E-state index in [1.165, 1.54) is 11.6 Å². The molecule has 0 aliphatic carbocycles. The van der Waals surface area contributed by atoms with Crippen molar-refractivity contribution in [1.29, 1.82) is 0 Å². The Bertz CT molecular complexity index is 252. The minimum atomic E-state index is -0.0349. The van der Waals surface area contributed by atoms with Crippen molar-refractivity contribution < 1.29 is 4.79 Å². The number of nitrogens with zero attached hydrogens (tertiary/aromatic N) is 2. The highest BCUT2D eigenvalue weighted by Crippen LogP contribution is 1.98. The molecule has 0 radical (unpaired) electrons. The molecule has 0 amide bonds. The summed E-state index contributed by atoms with van der Waals surface area (Å²) < 4.78 is 1.37. The van der Waals surface area contributed by atoms with Gasteiger partial charge in [0.25, 0.3) is 0 Å². The summed E-state index contributed by atoms with van der Waals surface area (Å²) in [5, 5.41) is 4.07. The van der Waals surface area contributed by atoms with Crippen LogP contribution in [0, 0.1) is 0 Å². The summed E-state index contributed by atoms with van der Waals surface area (Å²) in [6.45, 7) is 3.59. The molecular weight excluding hydrogens is 140 g/mol. The van der Waals surface area contributed by atoms with Gasteiger partial charge in [0.1, 0.15) is 0 Å². The zero-order valence-corrected chi connectivity index (χ0v) is 6.87. The molecule has 0 N–H and O–H groups in total. The summed E-state index contributed by atoms with van der Waals surface area (Å²) in [6.07, 6.45) is 3.71. The van der Waals surface area contributed by atoms with Gasteiger partial charge < -0.3 is 0 Å². The average molecular weight is 152 g/mol. The van der Waals surface area contributed by atoms with E-state index in [1.807, 2.05) is 6.07 Å². The topological polar surface area (TPSA) is 34.9 Å². The first kappa shape index (κ1) is 7.98. The number of carbonyl (C=O) groups excluding carboxylic acids is 1. The lowest BCUT2D eigenvalue weighted by molar-refractivity contribution is 0.0920. The molecule has 0 spiro atoms. The van der Waals surface area contributed by atoms with Crippen LogP contribution in [0.5, 0.6) is 0 Å². The predicted molar refractivity (Wildman–Crippen MR) is 42.5 cm³/mol. The highest BCUT2D eigenvalue weighted by molar-refractivity contribution is 5.74. The Morgan fingerprint density at radius 2 is 2.45 bits per heavy atom. The van der Waals surface area contributed by atoms with Gasteiger partial charge in [-0.25, -0.2) is 4.68 Å². The second-order valence-electron chi connectivity index (χ2n) is 2.52. The van der Waals surface area contributed by atoms with Crippen LogP contribution in [0.4, 0.5) is 0 Å². The molecule has 0 aliphatic heterocycles. The maximum Gasteiger partial charge on any atom is 0.243 e. The maximum atomic E-state index is 10.8. The molecule has 1 aromatic heterocycles. The fourth-order valence-electron chi connectivity index (χ4n) is 0.927. The van der Waals surface area contributed by atoms with E-state index in [0.29, 0.717) is 0 Å². The van der Waals surface area contributed by atoms with Crippen molar-refractivity contribution in [2.45, 2.75) is 26.7 Å². The van der Waals surface area contributed by atoms with Crippen LogP contribution in [0.15, 0.2) is 12.3 Å². The van der Waals surface area contributed by atoms with Gasteiger partial charge in [0.05, 0.1) is 5.69 Å². The Kier molecular flexibility index (Phi) is 2.41. The quantitative estimate of drug-likeness (QED) is 0.643. The summed E-state index contributed by atoms with van der Waals surface area (Å²) in [5.74, 6) is -0.0349. The van der Waals surface area contributed by atoms with Crippen molar-refractivity contribution >= 4 is 5.91 Å². The van der Waals surface area contributed by atoms with Crippen LogP contribution in [0.25, 0.3) is 0 Å². The van der Waals surface area contributed by atoms with Gasteiger partial charge in [-0.05, 0) is 12.5 Å². The highest BCUT2D eigenvalue weighted by Gasteiger charge is 1.99. The van der Waals surface area contributed by atoms with Gasteiger partial charge in [0.15, 0.2) is 0 Å². The first-order chi connectivity index (χ1) is 5.24. The Morgan fingerprint density at radius 1 is 1.73 bits per heavy atom. The molecule has 0 saturated heterocycles. The summed E-state index contributed by atoms with van der Waals surface area (Å²) in [4.78, 5) is 10.8. The zero-order chi connectivity index (χ0) is 8.27. The molecule has 0 bridgehead atoms. The lowest BCUT2D eigenvalue weighted by atomic mass is 10.3. The van der Waals surface area contributed by atoms with Gasteiger partial charge in [-0.1, -0.05) is 13.3 Å². The van der Waals surface area contributed by atoms with E-state index < -0.39 is 0 Å². The molecule has 11 heavy (non-hydrogen) atoms. The van der Waals surface area contributed by atoms with E-state index in [0.717, 1.165) is 18.5 Å². The van der Waals surface area contributed by atoms with Crippen molar-refractivity contribution in [2.75, 3.05) is 0 Å². The number of aryl methyl sites for hydroxylation is 1. The molecule has 3 nitrogen and oxygen atoms in total. The van der Waals surface area contributed by atoms with Crippen LogP contribution in [-0.2, 0) is 6.42 Å². The van der Waals surface area contributed by atoms with Crippen molar-refractivity contribution in [3.05, 3.63) is 18.0 Å². The van der Waals surface area contributed by atoms with Crippen molar-refractivity contribution in [3.8, 4) is 0 Å². The molecule has 0 unspecified atom stereocenters. The van der Waals surface area contributed by atoms with E-state index in [1.54, 1.807) is 6.20 Å². The van der Waals surface area contributed by atoms with Crippen LogP contribution >= 0.6 is 0 Å². The van der Waals surface area contributed by atoms with Gasteiger partial charge in [-0.3, -0.25) is 4.79 Å². The fraction of sp³-hybridized carbons (Fsp3) is 0.500. The molecule has 0 atom stereocenters. The SMILES string of the molecule is CCCc1ccn(C(C)=O)n1. The third kappa shape index (κ3) is 1.90. The Hall–Kier alpha value is -1.12. The van der Waals surface area contributed by atoms with Crippen LogP contribution in [0.2, 0.25) is 0 Å². The van der Waals surface area contributed by atoms with E-state index >= 15 is 0 Å². The third-order valence-electron chi connectivity index (χ3n) is 1.47. The molecule has 1 rings (SSSR count). The van der Waals surface area contributed by atoms with Gasteiger partial charge in [-0.15, -0.1) is 0 Å². The van der Waals surface area contributed by atoms with Crippen LogP contribution in [0.3, 0.4) is 0 Å². The normalized spacial score (nSPS) is 10.0. The standard InChI is InChI=1S/C8H12N2O/c1-3-4-8-5-6-10(9-8)7(2)11/h5-6H,3-4H2,1-2H3. The van der Waals surface area contributed by atoms with Gasteiger partial charge in [0.2, 0.25) is 5.91 Å². The van der Waals surface area contributed by atoms with Gasteiger partial charge >= 0.3 is 0 Å². The summed E-state index contributed by atoms with van der Waals surface area (Å²) in [6, 6.07) is 1.88. The van der Waals surface area contributed by atoms with Crippen molar-refractivity contribution in [3.63, 3.8) is 0 Å². The first-order valence-corrected chi connectivity index (χ1v) is 3.79. The number of aromatic nitrogens is 2. The lowest BCUT2D eigenvalue weighted by Gasteiger charge is -1.91. The van der Waals surface area contributed by atoms with Gasteiger partial charge in [-0.2, -0.15) is 5.10 Å². The molecule has 1 heterocycles. The smallest absolute Gasteiger partial charge is 0.243 e. The number of carbonyl (C=O) groups is 1. The summed E-state index contributed by atoms with van der Waals surface area (Å²) in [5.41, 5.74) is 0.989. The summed E-state index contributed by atoms with van der Waals surface area (Å²) in [7, 11) is 0. The predicted octanol–water partition coefficient (Wildman–Crippen LogP) is 1.50. The first-order valence-electron chi connectivity index (χ1n) is 3.79. The molecule has 0 saturated carbocycles. The average Bonchev–Trinajstić information content (AvgIpc) is 2.37. The van der Waals surface area contributed by atoms with Crippen molar-refractivity contribution in [1.82, 2.24) is 9.78 Å². The second-order valence-corrected chi connectivity index (χ2v) is 2.52. The Labute approximate surface area is 66.0 Å². The fourth-order valence-corrected chi connectivity index (χ4v) is 0.927. The van der Waals surface area contributed by atoms with Crippen LogP contribution in [0.1, 0.15) is 30.8 Å². The molecule has 0 aromatic carbocycles. The third-order valence-corrected chi connectivity index (χ3v) is 1.47. The minimum absolute atomic E-state index is 0.0349. The largest absolute Gasteiger partial charge is 0.273 e. The summed E-state index contributed by atoms with van der Waals surface area (Å²) >= 11 is 0. The Balaban J connectivity index is 2.73. The number of hydrogen-bond acceptors (Lipinski definition) is 2. The zero-order valence-electron chi connectivity index (χ0n) is 6.87. The van der Waals surface area contributed by atoms with Crippen LogP contribution < -0.4 is 0 Å². The molecule has 1 aromatic rings. The van der Waals surface area contributed by atoms with E-state index in [4.69, 9.17) is 0 Å². The molecule has 0 fully saturated rings. The molecule has 60 valence electrons. The maximum absolute atomic E-state index is 10.8. The highest BCUT2D eigenvalue weighted by atomic mass is 16.2. The molecule has 0 aliphatic rings. The van der Waals surface area contributed by atoms with Crippen LogP contribution in [-0.4, -0.2) is 15.7 Å². The lowest BCUT2D eigenvalue weighted by Crippen LogP contribution is -2.06. The minimum Gasteiger partial charge on any atom is -0.273 e. The number of hydrogen-bond donors (Lipinski definition) is 0. The number of rotatable bonds is 2. The van der Waals surface area contributed by atoms with E-state index in [2.05, 4.69) is 12.0 Å². The monoisotopic (exact) mass is 152 g/mol. The van der Waals surface area contributed by atoms with Gasteiger partial charge in [0, 0.05) is 13.1 Å². The second kappa shape index (κ2) is 3.32. The van der Waals surface area contributed by atoms with E-state index in [9.17, 15) is 4.79 Å².